The molecule has 1 aromatic heterocycles. The SMILES string of the molecule is COc1c(N2CCNC(C)C2)c(F)c(C)c2c(=O)c(C(=O)OC(C)(C)C(=O)[C@@]3(O)[C@H](C)C[C@H]4[C@@H]5CCC6=CC(=O)C=C[C@]6(C)[C@@]5(F)[C@@H](O)C[C@@]43C)c(C)n(C3CC3)c12. The van der Waals surface area contributed by atoms with Crippen LogP contribution in [0.3, 0.4) is 0 Å². The minimum Gasteiger partial charge on any atom is -0.492 e. The number of nitrogens with zero attached hydrogens (tertiary/aromatic N) is 2. The molecule has 2 aromatic rings. The number of Topliss-reactive ketones (excluding diaryl/α,β-unsaturated/α-hetero) is 1. The van der Waals surface area contributed by atoms with E-state index in [9.17, 15) is 29.4 Å². The number of allylic oxidation sites excluding steroid dienone is 4. The predicted octanol–water partition coefficient (Wildman–Crippen LogP) is 5.75. The highest BCUT2D eigenvalue weighted by Crippen LogP contribution is 2.71. The number of ketones is 2. The number of piperazine rings is 1. The molecule has 5 fully saturated rings. The highest BCUT2D eigenvalue weighted by molar-refractivity contribution is 6.03. The van der Waals surface area contributed by atoms with E-state index in [-0.39, 0.29) is 58.7 Å². The molecule has 4 saturated carbocycles. The van der Waals surface area contributed by atoms with E-state index in [0.29, 0.717) is 49.3 Å². The lowest BCUT2D eigenvalue weighted by atomic mass is 9.44. The Morgan fingerprint density at radius 2 is 1.78 bits per heavy atom. The van der Waals surface area contributed by atoms with Crippen molar-refractivity contribution in [2.45, 2.75) is 129 Å². The van der Waals surface area contributed by atoms with Crippen LogP contribution in [-0.2, 0) is 14.3 Å². The molecular weight excluding hydrogens is 749 g/mol. The lowest BCUT2D eigenvalue weighted by Crippen LogP contribution is -2.70. The Morgan fingerprint density at radius 3 is 2.41 bits per heavy atom. The van der Waals surface area contributed by atoms with E-state index in [4.69, 9.17) is 9.47 Å². The maximum absolute atomic E-state index is 17.8. The Hall–Kier alpha value is -3.94. The second-order valence-corrected chi connectivity index (χ2v) is 19.1. The fourth-order valence-electron chi connectivity index (χ4n) is 12.3. The number of methoxy groups -OCH3 is 1. The van der Waals surface area contributed by atoms with Crippen molar-refractivity contribution >= 4 is 34.1 Å². The van der Waals surface area contributed by atoms with Gasteiger partial charge >= 0.3 is 5.97 Å². The molecule has 0 radical (unpaired) electrons. The van der Waals surface area contributed by atoms with Crippen LogP contribution in [0.2, 0.25) is 0 Å². The summed E-state index contributed by atoms with van der Waals surface area (Å²) in [5.74, 6) is -4.50. The van der Waals surface area contributed by atoms with Gasteiger partial charge in [0.25, 0.3) is 0 Å². The maximum atomic E-state index is 17.8. The standard InChI is InChI=1S/C45H57F2N3O8/c1-22-18-30-29-13-10-26-19-28(51)14-15-42(26,7)44(29,47)31(52)20-43(30,8)45(22,56)40(55)41(5,6)58-39(54)33-25(4)50(27-11-12-27)35-32(37(33)53)24(3)34(46)36(38(35)57-9)49-17-16-48-23(2)21-49/h14-15,19,22-23,27,29-31,48,52,56H,10-13,16-18,20-21H2,1-9H3/t22-,23?,29+,30+,31+,42+,43+,44+,45+/m1/s1. The molecular formula is C45H57F2N3O8. The number of benzene rings is 1. The summed E-state index contributed by atoms with van der Waals surface area (Å²) in [6.45, 7) is 14.8. The normalized spacial score (nSPS) is 35.9. The van der Waals surface area contributed by atoms with Crippen molar-refractivity contribution in [2.75, 3.05) is 31.6 Å². The van der Waals surface area contributed by atoms with E-state index >= 15 is 8.78 Å². The summed E-state index contributed by atoms with van der Waals surface area (Å²) in [6.07, 6.45) is 5.09. The summed E-state index contributed by atoms with van der Waals surface area (Å²) in [5.41, 5.74) is -8.28. The zero-order chi connectivity index (χ0) is 42.2. The number of rotatable bonds is 7. The van der Waals surface area contributed by atoms with Crippen molar-refractivity contribution in [1.82, 2.24) is 9.88 Å². The zero-order valence-corrected chi connectivity index (χ0v) is 35.1. The van der Waals surface area contributed by atoms with Crippen LogP contribution in [0, 0.1) is 48.2 Å². The zero-order valence-electron chi connectivity index (χ0n) is 35.1. The van der Waals surface area contributed by atoms with Crippen molar-refractivity contribution in [3.05, 3.63) is 56.7 Å². The largest absolute Gasteiger partial charge is 0.492 e. The van der Waals surface area contributed by atoms with Gasteiger partial charge in [0.2, 0.25) is 11.2 Å². The molecule has 0 spiro atoms. The summed E-state index contributed by atoms with van der Waals surface area (Å²) in [7, 11) is 1.45. The first kappa shape index (κ1) is 40.8. The van der Waals surface area contributed by atoms with Gasteiger partial charge in [0.1, 0.15) is 16.9 Å². The molecule has 9 atom stereocenters. The molecule has 2 heterocycles. The average Bonchev–Trinajstić information content (AvgIpc) is 3.97. The van der Waals surface area contributed by atoms with Crippen molar-refractivity contribution in [1.29, 1.82) is 0 Å². The smallest absolute Gasteiger partial charge is 0.344 e. The number of anilines is 1. The molecule has 13 heteroatoms. The number of hydrogen-bond acceptors (Lipinski definition) is 10. The lowest BCUT2D eigenvalue weighted by molar-refractivity contribution is -0.223. The number of ether oxygens (including phenoxy) is 2. The number of halogens is 2. The summed E-state index contributed by atoms with van der Waals surface area (Å²) < 4.78 is 48.2. The molecule has 0 amide bonds. The molecule has 1 aromatic carbocycles. The first-order valence-electron chi connectivity index (χ1n) is 20.8. The van der Waals surface area contributed by atoms with E-state index in [0.717, 1.165) is 12.8 Å². The summed E-state index contributed by atoms with van der Waals surface area (Å²) in [5, 5.41) is 28.0. The molecule has 1 saturated heterocycles. The third kappa shape index (κ3) is 5.30. The Kier molecular flexibility index (Phi) is 9.35. The highest BCUT2D eigenvalue weighted by atomic mass is 19.1. The van der Waals surface area contributed by atoms with Gasteiger partial charge in [0, 0.05) is 59.7 Å². The van der Waals surface area contributed by atoms with Crippen molar-refractivity contribution < 1.29 is 42.9 Å². The number of alkyl halides is 1. The highest BCUT2D eigenvalue weighted by Gasteiger charge is 2.76. The Morgan fingerprint density at radius 1 is 1.09 bits per heavy atom. The van der Waals surface area contributed by atoms with Gasteiger partial charge in [-0.05, 0) is 104 Å². The number of aliphatic hydroxyl groups excluding tert-OH is 1. The minimum absolute atomic E-state index is 0.00415. The third-order valence-electron chi connectivity index (χ3n) is 15.5. The minimum atomic E-state index is -2.16. The second-order valence-electron chi connectivity index (χ2n) is 19.1. The molecule has 8 rings (SSSR count). The monoisotopic (exact) mass is 805 g/mol. The number of carbonyl (C=O) groups is 3. The van der Waals surface area contributed by atoms with Gasteiger partial charge in [-0.3, -0.25) is 14.4 Å². The van der Waals surface area contributed by atoms with Crippen LogP contribution in [-0.4, -0.2) is 88.1 Å². The molecule has 314 valence electrons. The second kappa shape index (κ2) is 13.3. The van der Waals surface area contributed by atoms with Gasteiger partial charge in [0.15, 0.2) is 28.6 Å². The molecule has 5 aliphatic carbocycles. The van der Waals surface area contributed by atoms with Gasteiger partial charge in [-0.2, -0.15) is 0 Å². The maximum Gasteiger partial charge on any atom is 0.344 e. The Labute approximate surface area is 337 Å². The summed E-state index contributed by atoms with van der Waals surface area (Å²) >= 11 is 0. The summed E-state index contributed by atoms with van der Waals surface area (Å²) in [4.78, 5) is 58.2. The van der Waals surface area contributed by atoms with E-state index in [2.05, 4.69) is 5.32 Å². The van der Waals surface area contributed by atoms with E-state index < -0.39 is 74.6 Å². The molecule has 1 unspecified atom stereocenters. The van der Waals surface area contributed by atoms with Crippen LogP contribution in [0.4, 0.5) is 14.5 Å². The molecule has 58 heavy (non-hydrogen) atoms. The fourth-order valence-corrected chi connectivity index (χ4v) is 12.3. The van der Waals surface area contributed by atoms with Gasteiger partial charge in [0.05, 0.1) is 24.1 Å². The Balaban J connectivity index is 1.16. The van der Waals surface area contributed by atoms with Crippen LogP contribution in [0.25, 0.3) is 10.9 Å². The number of nitrogens with one attached hydrogen (secondary N) is 1. The van der Waals surface area contributed by atoms with Crippen LogP contribution < -0.4 is 20.4 Å². The average molecular weight is 806 g/mol. The number of aryl methyl sites for hydroxylation is 1. The molecule has 6 aliphatic rings. The number of carbonyl (C=O) groups excluding carboxylic acids is 3. The van der Waals surface area contributed by atoms with Crippen LogP contribution >= 0.6 is 0 Å². The van der Waals surface area contributed by atoms with Gasteiger partial charge in [-0.1, -0.05) is 25.5 Å². The van der Waals surface area contributed by atoms with E-state index in [1.165, 1.54) is 40.0 Å². The van der Waals surface area contributed by atoms with Crippen LogP contribution in [0.1, 0.15) is 108 Å². The van der Waals surface area contributed by atoms with E-state index in [1.54, 1.807) is 33.8 Å². The van der Waals surface area contributed by atoms with Gasteiger partial charge in [-0.25, -0.2) is 13.6 Å². The van der Waals surface area contributed by atoms with Gasteiger partial charge < -0.3 is 34.5 Å². The molecule has 0 bridgehead atoms. The topological polar surface area (TPSA) is 147 Å². The van der Waals surface area contributed by atoms with Crippen molar-refractivity contribution in [2.24, 2.45) is 28.6 Å². The first-order chi connectivity index (χ1) is 27.1. The van der Waals surface area contributed by atoms with Crippen LogP contribution in [0.15, 0.2) is 28.6 Å². The van der Waals surface area contributed by atoms with Crippen molar-refractivity contribution in [3.8, 4) is 5.75 Å². The predicted molar refractivity (Wildman–Crippen MR) is 214 cm³/mol. The van der Waals surface area contributed by atoms with E-state index in [1.807, 2.05) is 16.4 Å². The lowest BCUT2D eigenvalue weighted by Gasteiger charge is -2.62. The number of fused-ring (bicyclic) bond motifs is 6. The summed E-state index contributed by atoms with van der Waals surface area (Å²) in [6, 6.07) is 0.000308. The number of esters is 1. The molecule has 1 aliphatic heterocycles. The number of hydrogen-bond donors (Lipinski definition) is 3. The molecule has 3 N–H and O–H groups in total. The van der Waals surface area contributed by atoms with Crippen molar-refractivity contribution in [3.63, 3.8) is 0 Å². The first-order valence-corrected chi connectivity index (χ1v) is 20.8. The van der Waals surface area contributed by atoms with Crippen LogP contribution in [0.5, 0.6) is 5.75 Å². The van der Waals surface area contributed by atoms with Gasteiger partial charge in [-0.15, -0.1) is 0 Å². The molecule has 11 nitrogen and oxygen atoms in total. The Bertz CT molecular complexity index is 2280. The third-order valence-corrected chi connectivity index (χ3v) is 15.5. The number of aromatic nitrogens is 1. The number of aliphatic hydroxyl groups is 2. The quantitative estimate of drug-likeness (QED) is 0.296. The fraction of sp³-hybridized carbons (Fsp3) is 0.644. The number of pyridine rings is 1.